The lowest BCUT2D eigenvalue weighted by Gasteiger charge is -2.19. The predicted octanol–water partition coefficient (Wildman–Crippen LogP) is 3.43. The molecule has 4 rings (SSSR count). The number of hydrogen-bond acceptors (Lipinski definition) is 8. The Bertz CT molecular complexity index is 1370. The number of anilines is 2. The first-order valence-electron chi connectivity index (χ1n) is 9.94. The van der Waals surface area contributed by atoms with Crippen molar-refractivity contribution in [1.82, 2.24) is 0 Å². The van der Waals surface area contributed by atoms with Gasteiger partial charge in [0.2, 0.25) is 0 Å². The number of hydrogen-bond donors (Lipinski definition) is 2. The van der Waals surface area contributed by atoms with E-state index in [0.717, 1.165) is 12.1 Å². The molecule has 0 unspecified atom stereocenters. The lowest BCUT2D eigenvalue weighted by Crippen LogP contribution is -2.20. The standard InChI is InChI=1S/C22H19N3O8S/c1-31-15-7-9-21(18(13-15)25(27)28)34(29,30)24-17-5-3-2-4-16(17)22(26)23-14-6-8-19-20(12-14)33-11-10-32-19/h2-9,12-13,24H,10-11H2,1H3,(H,23,26). The summed E-state index contributed by atoms with van der Waals surface area (Å²) in [5.41, 5.74) is -0.289. The van der Waals surface area contributed by atoms with Gasteiger partial charge in [-0.3, -0.25) is 19.6 Å². The zero-order valence-corrected chi connectivity index (χ0v) is 18.6. The van der Waals surface area contributed by atoms with Gasteiger partial charge in [-0.1, -0.05) is 12.1 Å². The molecule has 0 aliphatic carbocycles. The van der Waals surface area contributed by atoms with E-state index in [0.29, 0.717) is 30.4 Å². The number of nitrogens with zero attached hydrogens (tertiary/aromatic N) is 1. The van der Waals surface area contributed by atoms with Crippen LogP contribution in [0.2, 0.25) is 0 Å². The minimum absolute atomic E-state index is 0.0112. The first-order valence-corrected chi connectivity index (χ1v) is 11.4. The van der Waals surface area contributed by atoms with E-state index in [-0.39, 0.29) is 17.0 Å². The Balaban J connectivity index is 1.62. The molecule has 0 saturated carbocycles. The van der Waals surface area contributed by atoms with Crippen LogP contribution in [0.25, 0.3) is 0 Å². The largest absolute Gasteiger partial charge is 0.497 e. The minimum Gasteiger partial charge on any atom is -0.497 e. The fourth-order valence-corrected chi connectivity index (χ4v) is 4.52. The Labute approximate surface area is 194 Å². The van der Waals surface area contributed by atoms with Crippen LogP contribution in [0.3, 0.4) is 0 Å². The SMILES string of the molecule is COc1ccc(S(=O)(=O)Nc2ccccc2C(=O)Nc2ccc3c(c2)OCCO3)c([N+](=O)[O-])c1. The highest BCUT2D eigenvalue weighted by atomic mass is 32.2. The van der Waals surface area contributed by atoms with Crippen molar-refractivity contribution >= 4 is 33.0 Å². The summed E-state index contributed by atoms with van der Waals surface area (Å²) < 4.78 is 44.2. The molecule has 0 atom stereocenters. The van der Waals surface area contributed by atoms with Crippen molar-refractivity contribution < 1.29 is 32.3 Å². The molecule has 3 aromatic rings. The van der Waals surface area contributed by atoms with E-state index in [4.69, 9.17) is 14.2 Å². The van der Waals surface area contributed by atoms with Gasteiger partial charge < -0.3 is 19.5 Å². The van der Waals surface area contributed by atoms with Crippen molar-refractivity contribution in [2.45, 2.75) is 4.90 Å². The van der Waals surface area contributed by atoms with E-state index in [9.17, 15) is 23.3 Å². The third kappa shape index (κ3) is 4.71. The molecule has 0 aromatic heterocycles. The summed E-state index contributed by atoms with van der Waals surface area (Å²) in [6.45, 7) is 0.811. The maximum Gasteiger partial charge on any atom is 0.293 e. The van der Waals surface area contributed by atoms with Crippen molar-refractivity contribution in [2.24, 2.45) is 0 Å². The molecule has 3 aromatic carbocycles. The fraction of sp³-hybridized carbons (Fsp3) is 0.136. The number of carbonyl (C=O) groups is 1. The second kappa shape index (κ2) is 9.27. The second-order valence-corrected chi connectivity index (χ2v) is 8.71. The summed E-state index contributed by atoms with van der Waals surface area (Å²) in [4.78, 5) is 23.0. The summed E-state index contributed by atoms with van der Waals surface area (Å²) in [6, 6.07) is 14.1. The number of ether oxygens (including phenoxy) is 3. The van der Waals surface area contributed by atoms with Crippen LogP contribution in [-0.4, -0.2) is 39.6 Å². The minimum atomic E-state index is -4.42. The van der Waals surface area contributed by atoms with E-state index in [2.05, 4.69) is 10.0 Å². The van der Waals surface area contributed by atoms with Crippen molar-refractivity contribution in [3.8, 4) is 17.2 Å². The van der Waals surface area contributed by atoms with Crippen molar-refractivity contribution in [1.29, 1.82) is 0 Å². The molecular formula is C22H19N3O8S. The fourth-order valence-electron chi connectivity index (χ4n) is 3.28. The quantitative estimate of drug-likeness (QED) is 0.382. The summed E-state index contributed by atoms with van der Waals surface area (Å²) in [6.07, 6.45) is 0. The maximum absolute atomic E-state index is 13.0. The number of nitro benzene ring substituents is 1. The summed E-state index contributed by atoms with van der Waals surface area (Å²) >= 11 is 0. The molecule has 1 aliphatic heterocycles. The molecule has 176 valence electrons. The van der Waals surface area contributed by atoms with Crippen LogP contribution in [0, 0.1) is 10.1 Å². The summed E-state index contributed by atoms with van der Waals surface area (Å²) in [5.74, 6) is 0.562. The number of fused-ring (bicyclic) bond motifs is 1. The number of rotatable bonds is 7. The van der Waals surface area contributed by atoms with Crippen molar-refractivity contribution in [3.63, 3.8) is 0 Å². The number of nitrogens with one attached hydrogen (secondary N) is 2. The third-order valence-corrected chi connectivity index (χ3v) is 6.28. The zero-order chi connectivity index (χ0) is 24.3. The molecule has 34 heavy (non-hydrogen) atoms. The highest BCUT2D eigenvalue weighted by Gasteiger charge is 2.28. The zero-order valence-electron chi connectivity index (χ0n) is 17.8. The van der Waals surface area contributed by atoms with E-state index >= 15 is 0 Å². The lowest BCUT2D eigenvalue weighted by atomic mass is 10.1. The molecule has 11 nitrogen and oxygen atoms in total. The van der Waals surface area contributed by atoms with E-state index in [1.807, 2.05) is 0 Å². The Morgan fingerprint density at radius 2 is 1.76 bits per heavy atom. The molecule has 12 heteroatoms. The second-order valence-electron chi connectivity index (χ2n) is 7.05. The van der Waals surface area contributed by atoms with Crippen LogP contribution in [0.1, 0.15) is 10.4 Å². The Hall–Kier alpha value is -4.32. The molecule has 1 aliphatic rings. The Kier molecular flexibility index (Phi) is 6.23. The van der Waals surface area contributed by atoms with Crippen LogP contribution in [0.4, 0.5) is 17.1 Å². The van der Waals surface area contributed by atoms with Crippen LogP contribution >= 0.6 is 0 Å². The number of carbonyl (C=O) groups excluding carboxylic acids is 1. The van der Waals surface area contributed by atoms with Gasteiger partial charge in [0, 0.05) is 11.8 Å². The summed E-state index contributed by atoms with van der Waals surface area (Å²) in [5, 5.41) is 14.1. The number of para-hydroxylation sites is 1. The normalized spacial score (nSPS) is 12.5. The van der Waals surface area contributed by atoms with Crippen molar-refractivity contribution in [2.75, 3.05) is 30.4 Å². The van der Waals surface area contributed by atoms with Crippen LogP contribution in [-0.2, 0) is 10.0 Å². The lowest BCUT2D eigenvalue weighted by molar-refractivity contribution is -0.387. The van der Waals surface area contributed by atoms with E-state index in [1.165, 1.54) is 31.4 Å². The summed E-state index contributed by atoms with van der Waals surface area (Å²) in [7, 11) is -3.11. The molecule has 1 amide bonds. The average Bonchev–Trinajstić information content (AvgIpc) is 2.83. The molecule has 0 saturated heterocycles. The van der Waals surface area contributed by atoms with Gasteiger partial charge in [-0.05, 0) is 36.4 Å². The predicted molar refractivity (Wildman–Crippen MR) is 122 cm³/mol. The monoisotopic (exact) mass is 485 g/mol. The molecule has 0 radical (unpaired) electrons. The Morgan fingerprint density at radius 1 is 1.03 bits per heavy atom. The maximum atomic E-state index is 13.0. The van der Waals surface area contributed by atoms with E-state index in [1.54, 1.807) is 24.3 Å². The van der Waals surface area contributed by atoms with Gasteiger partial charge in [-0.2, -0.15) is 0 Å². The first kappa shape index (κ1) is 22.9. The molecule has 0 bridgehead atoms. The molecule has 2 N–H and O–H groups in total. The number of amides is 1. The van der Waals surface area contributed by atoms with Gasteiger partial charge in [0.1, 0.15) is 19.0 Å². The average molecular weight is 485 g/mol. The molecule has 1 heterocycles. The highest BCUT2D eigenvalue weighted by molar-refractivity contribution is 7.92. The number of methoxy groups -OCH3 is 1. The van der Waals surface area contributed by atoms with Gasteiger partial charge in [0.15, 0.2) is 16.4 Å². The third-order valence-electron chi connectivity index (χ3n) is 4.87. The topological polar surface area (TPSA) is 146 Å². The molecule has 0 spiro atoms. The number of nitro groups is 1. The number of sulfonamides is 1. The smallest absolute Gasteiger partial charge is 0.293 e. The molecule has 0 fully saturated rings. The first-order chi connectivity index (χ1) is 16.3. The highest BCUT2D eigenvalue weighted by Crippen LogP contribution is 2.33. The van der Waals surface area contributed by atoms with Crippen molar-refractivity contribution in [3.05, 3.63) is 76.3 Å². The van der Waals surface area contributed by atoms with Gasteiger partial charge in [0.25, 0.3) is 21.6 Å². The van der Waals surface area contributed by atoms with E-state index < -0.39 is 31.4 Å². The van der Waals surface area contributed by atoms with Gasteiger partial charge >= 0.3 is 0 Å². The Morgan fingerprint density at radius 3 is 2.50 bits per heavy atom. The van der Waals surface area contributed by atoms with Gasteiger partial charge in [-0.25, -0.2) is 8.42 Å². The van der Waals surface area contributed by atoms with Gasteiger partial charge in [0.05, 0.1) is 29.4 Å². The van der Waals surface area contributed by atoms with Crippen LogP contribution in [0.15, 0.2) is 65.6 Å². The molecular weight excluding hydrogens is 466 g/mol. The van der Waals surface area contributed by atoms with Crippen LogP contribution in [0.5, 0.6) is 17.2 Å². The number of benzene rings is 3. The van der Waals surface area contributed by atoms with Crippen LogP contribution < -0.4 is 24.2 Å². The van der Waals surface area contributed by atoms with Gasteiger partial charge in [-0.15, -0.1) is 0 Å².